The number of imide groups is 1. The summed E-state index contributed by atoms with van der Waals surface area (Å²) in [6.07, 6.45) is 2.90. The Morgan fingerprint density at radius 2 is 1.69 bits per heavy atom. The summed E-state index contributed by atoms with van der Waals surface area (Å²) in [5, 5.41) is 5.16. The Kier molecular flexibility index (Phi) is 4.96. The second-order valence-electron chi connectivity index (χ2n) is 8.35. The number of benzene rings is 3. The number of amides is 2. The summed E-state index contributed by atoms with van der Waals surface area (Å²) in [7, 11) is 1.52. The number of nitrogens with zero attached hydrogens (tertiary/aromatic N) is 4. The number of para-hydroxylation sites is 1. The molecule has 36 heavy (non-hydrogen) atoms. The highest BCUT2D eigenvalue weighted by atomic mass is 16.5. The van der Waals surface area contributed by atoms with Crippen molar-refractivity contribution in [1.29, 1.82) is 0 Å². The first-order valence-electron chi connectivity index (χ1n) is 11.2. The summed E-state index contributed by atoms with van der Waals surface area (Å²) in [5.41, 5.74) is 3.53. The predicted molar refractivity (Wildman–Crippen MR) is 134 cm³/mol. The fourth-order valence-corrected chi connectivity index (χ4v) is 4.46. The number of rotatable bonds is 5. The van der Waals surface area contributed by atoms with Crippen LogP contribution in [0.3, 0.4) is 0 Å². The van der Waals surface area contributed by atoms with Gasteiger partial charge in [0.2, 0.25) is 0 Å². The first kappa shape index (κ1) is 21.5. The van der Waals surface area contributed by atoms with Gasteiger partial charge in [-0.3, -0.25) is 19.3 Å². The molecule has 1 aliphatic rings. The maximum atomic E-state index is 13.0. The molecule has 176 valence electrons. The Morgan fingerprint density at radius 1 is 0.972 bits per heavy atom. The van der Waals surface area contributed by atoms with Crippen molar-refractivity contribution in [3.8, 4) is 5.75 Å². The number of methoxy groups -OCH3 is 1. The van der Waals surface area contributed by atoms with E-state index in [9.17, 15) is 14.4 Å². The molecule has 0 unspecified atom stereocenters. The number of nitrogens with one attached hydrogen (secondary N) is 1. The van der Waals surface area contributed by atoms with E-state index in [4.69, 9.17) is 4.74 Å². The molecule has 2 amide bonds. The monoisotopic (exact) mass is 477 g/mol. The number of fused-ring (bicyclic) bond motifs is 4. The van der Waals surface area contributed by atoms with E-state index in [0.717, 1.165) is 15.6 Å². The van der Waals surface area contributed by atoms with E-state index >= 15 is 0 Å². The normalized spacial score (nSPS) is 13.3. The van der Waals surface area contributed by atoms with Crippen molar-refractivity contribution in [1.82, 2.24) is 19.5 Å². The molecule has 0 radical (unpaired) electrons. The van der Waals surface area contributed by atoms with Gasteiger partial charge in [0.1, 0.15) is 23.1 Å². The molecule has 1 N–H and O–H groups in total. The molecule has 0 atom stereocenters. The zero-order valence-electron chi connectivity index (χ0n) is 19.1. The van der Waals surface area contributed by atoms with E-state index in [2.05, 4.69) is 15.1 Å². The maximum absolute atomic E-state index is 13.0. The number of ether oxygens (including phenoxy) is 1. The van der Waals surface area contributed by atoms with Crippen molar-refractivity contribution in [2.75, 3.05) is 7.11 Å². The highest BCUT2D eigenvalue weighted by Gasteiger charge is 2.35. The lowest BCUT2D eigenvalue weighted by Gasteiger charge is -2.16. The summed E-state index contributed by atoms with van der Waals surface area (Å²) in [4.78, 5) is 47.3. The molecule has 0 bridgehead atoms. The molecule has 9 heteroatoms. The zero-order chi connectivity index (χ0) is 24.8. The number of aromatic nitrogens is 3. The van der Waals surface area contributed by atoms with Gasteiger partial charge >= 0.3 is 0 Å². The van der Waals surface area contributed by atoms with Crippen LogP contribution in [0.1, 0.15) is 31.8 Å². The van der Waals surface area contributed by atoms with Gasteiger partial charge in [0.25, 0.3) is 17.4 Å². The molecule has 3 heterocycles. The topological polar surface area (TPSA) is 110 Å². The lowest BCUT2D eigenvalue weighted by Crippen LogP contribution is -2.29. The Hall–Kier alpha value is -5.05. The molecule has 3 aromatic carbocycles. The first-order valence-corrected chi connectivity index (χ1v) is 11.2. The third kappa shape index (κ3) is 3.37. The van der Waals surface area contributed by atoms with E-state index in [1.807, 2.05) is 24.3 Å². The van der Waals surface area contributed by atoms with Crippen molar-refractivity contribution >= 4 is 40.0 Å². The molecule has 0 saturated heterocycles. The highest BCUT2D eigenvalue weighted by molar-refractivity contribution is 6.21. The summed E-state index contributed by atoms with van der Waals surface area (Å²) < 4.78 is 6.61. The van der Waals surface area contributed by atoms with Crippen LogP contribution < -0.4 is 10.3 Å². The van der Waals surface area contributed by atoms with Gasteiger partial charge in [-0.1, -0.05) is 30.3 Å². The Labute approximate surface area is 204 Å². The molecule has 6 rings (SSSR count). The van der Waals surface area contributed by atoms with Crippen molar-refractivity contribution in [3.05, 3.63) is 106 Å². The van der Waals surface area contributed by atoms with Crippen molar-refractivity contribution < 1.29 is 14.3 Å². The van der Waals surface area contributed by atoms with Crippen LogP contribution in [0.2, 0.25) is 0 Å². The van der Waals surface area contributed by atoms with Crippen LogP contribution >= 0.6 is 0 Å². The van der Waals surface area contributed by atoms with E-state index in [1.54, 1.807) is 42.5 Å². The van der Waals surface area contributed by atoms with Crippen LogP contribution in [0.5, 0.6) is 5.75 Å². The third-order valence-corrected chi connectivity index (χ3v) is 6.24. The minimum atomic E-state index is -0.346. The Morgan fingerprint density at radius 3 is 2.44 bits per heavy atom. The van der Waals surface area contributed by atoms with Crippen LogP contribution in [-0.2, 0) is 6.54 Å². The number of carbonyl (C=O) groups is 2. The minimum absolute atomic E-state index is 0.0414. The largest absolute Gasteiger partial charge is 0.496 e. The molecule has 0 fully saturated rings. The average molecular weight is 477 g/mol. The SMILES string of the molecule is COc1ccc(/C=N\n2cnc3c([nH]c4ccccc43)c2=O)cc1CN1C(=O)c2ccccc2C1=O. The lowest BCUT2D eigenvalue weighted by molar-refractivity contribution is 0.0641. The van der Waals surface area contributed by atoms with Gasteiger partial charge in [0.05, 0.1) is 31.0 Å². The van der Waals surface area contributed by atoms with Crippen LogP contribution in [0.25, 0.3) is 21.9 Å². The molecule has 1 aliphatic heterocycles. The van der Waals surface area contributed by atoms with Gasteiger partial charge in [-0.15, -0.1) is 0 Å². The minimum Gasteiger partial charge on any atom is -0.496 e. The molecule has 2 aromatic heterocycles. The van der Waals surface area contributed by atoms with E-state index < -0.39 is 0 Å². The maximum Gasteiger partial charge on any atom is 0.298 e. The summed E-state index contributed by atoms with van der Waals surface area (Å²) in [5.74, 6) is -0.163. The van der Waals surface area contributed by atoms with Crippen LogP contribution in [-0.4, -0.2) is 44.7 Å². The third-order valence-electron chi connectivity index (χ3n) is 6.24. The molecule has 5 aromatic rings. The van der Waals surface area contributed by atoms with E-state index in [0.29, 0.717) is 39.0 Å². The van der Waals surface area contributed by atoms with E-state index in [-0.39, 0.29) is 23.9 Å². The molecule has 9 nitrogen and oxygen atoms in total. The quantitative estimate of drug-likeness (QED) is 0.307. The lowest BCUT2D eigenvalue weighted by atomic mass is 10.1. The average Bonchev–Trinajstić information content (AvgIpc) is 3.40. The summed E-state index contributed by atoms with van der Waals surface area (Å²) >= 11 is 0. The predicted octanol–water partition coefficient (Wildman–Crippen LogP) is 3.56. The van der Waals surface area contributed by atoms with Crippen LogP contribution in [0.4, 0.5) is 0 Å². The first-order chi connectivity index (χ1) is 17.5. The molecular weight excluding hydrogens is 458 g/mol. The molecular formula is C27H19N5O4. The van der Waals surface area contributed by atoms with Crippen LogP contribution in [0, 0.1) is 0 Å². The number of hydrogen-bond donors (Lipinski definition) is 1. The van der Waals surface area contributed by atoms with Gasteiger partial charge in [-0.25, -0.2) is 4.98 Å². The Bertz CT molecular complexity index is 1750. The second kappa shape index (κ2) is 8.31. The number of aromatic amines is 1. The summed E-state index contributed by atoms with van der Waals surface area (Å²) in [6, 6.07) is 19.6. The standard InChI is InChI=1S/C27H19N5O4/c1-36-22-11-10-16(12-17(22)14-31-25(33)18-6-2-3-7-19(18)26(31)34)13-29-32-15-28-23-20-8-4-5-9-21(20)30-24(23)27(32)35/h2-13,15,30H,14H2,1H3/b29-13-. The fourth-order valence-electron chi connectivity index (χ4n) is 4.46. The highest BCUT2D eigenvalue weighted by Crippen LogP contribution is 2.28. The Balaban J connectivity index is 1.32. The second-order valence-corrected chi connectivity index (χ2v) is 8.35. The molecule has 0 spiro atoms. The van der Waals surface area contributed by atoms with Gasteiger partial charge in [-0.2, -0.15) is 9.78 Å². The smallest absolute Gasteiger partial charge is 0.298 e. The van der Waals surface area contributed by atoms with Gasteiger partial charge in [-0.05, 0) is 42.0 Å². The number of H-pyrrole nitrogens is 1. The summed E-state index contributed by atoms with van der Waals surface area (Å²) in [6.45, 7) is 0.0414. The van der Waals surface area contributed by atoms with Gasteiger partial charge in [0, 0.05) is 16.5 Å². The van der Waals surface area contributed by atoms with Crippen LogP contribution in [0.15, 0.2) is 83.0 Å². The zero-order valence-corrected chi connectivity index (χ0v) is 19.1. The van der Waals surface area contributed by atoms with Crippen molar-refractivity contribution in [2.45, 2.75) is 6.54 Å². The van der Waals surface area contributed by atoms with Gasteiger partial charge in [0.15, 0.2) is 0 Å². The number of carbonyl (C=O) groups excluding carboxylic acids is 2. The van der Waals surface area contributed by atoms with E-state index in [1.165, 1.54) is 24.6 Å². The number of hydrogen-bond acceptors (Lipinski definition) is 6. The fraction of sp³-hybridized carbons (Fsp3) is 0.0741. The van der Waals surface area contributed by atoms with Gasteiger partial charge < -0.3 is 9.72 Å². The van der Waals surface area contributed by atoms with Crippen molar-refractivity contribution in [2.24, 2.45) is 5.10 Å². The molecule has 0 aliphatic carbocycles. The van der Waals surface area contributed by atoms with Crippen molar-refractivity contribution in [3.63, 3.8) is 0 Å². The molecule has 0 saturated carbocycles.